The van der Waals surface area contributed by atoms with Gasteiger partial charge in [0.2, 0.25) is 0 Å². The van der Waals surface area contributed by atoms with Gasteiger partial charge in [-0.2, -0.15) is 0 Å². The van der Waals surface area contributed by atoms with Crippen LogP contribution in [0.1, 0.15) is 117 Å². The molecule has 0 fully saturated rings. The molecule has 0 saturated carbocycles. The third-order valence-electron chi connectivity index (χ3n) is 6.13. The predicted octanol–water partition coefficient (Wildman–Crippen LogP) is 5.87. The SMILES string of the molecule is CCCCCCCCCCCCCCCCOCC(COP(O)OCC[NH+](C)C)CC(=O)CC. The van der Waals surface area contributed by atoms with E-state index in [9.17, 15) is 9.69 Å². The van der Waals surface area contributed by atoms with Crippen molar-refractivity contribution in [1.29, 1.82) is 0 Å². The van der Waals surface area contributed by atoms with Crippen LogP contribution >= 0.6 is 8.60 Å². The van der Waals surface area contributed by atoms with E-state index in [0.29, 0.717) is 32.7 Å². The molecule has 0 amide bonds. The molecule has 0 spiro atoms. The van der Waals surface area contributed by atoms with E-state index in [0.717, 1.165) is 19.6 Å². The number of nitrogens with one attached hydrogen (secondary N) is 1. The van der Waals surface area contributed by atoms with Gasteiger partial charge in [0.25, 0.3) is 0 Å². The van der Waals surface area contributed by atoms with Gasteiger partial charge in [-0.05, 0) is 6.42 Å². The zero-order valence-corrected chi connectivity index (χ0v) is 23.8. The average Bonchev–Trinajstić information content (AvgIpc) is 2.81. The van der Waals surface area contributed by atoms with Gasteiger partial charge in [0.05, 0.1) is 27.3 Å². The Bertz CT molecular complexity index is 439. The van der Waals surface area contributed by atoms with Crippen LogP contribution in [0.3, 0.4) is 0 Å². The number of hydrogen-bond acceptors (Lipinski definition) is 5. The Morgan fingerprint density at radius 3 is 1.79 bits per heavy atom. The van der Waals surface area contributed by atoms with Gasteiger partial charge >= 0.3 is 8.60 Å². The predicted molar refractivity (Wildman–Crippen MR) is 143 cm³/mol. The lowest BCUT2D eigenvalue weighted by molar-refractivity contribution is -0.858. The molecule has 0 radical (unpaired) electrons. The van der Waals surface area contributed by atoms with E-state index < -0.39 is 8.60 Å². The van der Waals surface area contributed by atoms with Crippen LogP contribution < -0.4 is 4.90 Å². The molecule has 0 aliphatic heterocycles. The molecule has 0 aliphatic rings. The highest BCUT2D eigenvalue weighted by molar-refractivity contribution is 7.40. The fourth-order valence-electron chi connectivity index (χ4n) is 3.82. The molecule has 34 heavy (non-hydrogen) atoms. The molecule has 204 valence electrons. The van der Waals surface area contributed by atoms with E-state index in [1.807, 2.05) is 21.0 Å². The maximum absolute atomic E-state index is 11.9. The quantitative estimate of drug-likeness (QED) is 0.108. The third-order valence-corrected chi connectivity index (χ3v) is 6.90. The van der Waals surface area contributed by atoms with Crippen molar-refractivity contribution in [2.75, 3.05) is 47.1 Å². The Kier molecular flexibility index (Phi) is 25.9. The summed E-state index contributed by atoms with van der Waals surface area (Å²) >= 11 is 0. The molecule has 0 saturated heterocycles. The van der Waals surface area contributed by atoms with E-state index in [-0.39, 0.29) is 11.7 Å². The maximum Gasteiger partial charge on any atom is 0.330 e. The van der Waals surface area contributed by atoms with Crippen LogP contribution in [0.5, 0.6) is 0 Å². The minimum Gasteiger partial charge on any atom is -0.381 e. The monoisotopic (exact) mass is 506 g/mol. The summed E-state index contributed by atoms with van der Waals surface area (Å²) < 4.78 is 16.6. The maximum atomic E-state index is 11.9. The van der Waals surface area contributed by atoms with Crippen LogP contribution in [0.4, 0.5) is 0 Å². The van der Waals surface area contributed by atoms with Crippen molar-refractivity contribution >= 4 is 14.4 Å². The van der Waals surface area contributed by atoms with Gasteiger partial charge in [0.15, 0.2) is 0 Å². The zero-order chi connectivity index (χ0) is 25.3. The highest BCUT2D eigenvalue weighted by atomic mass is 31.2. The van der Waals surface area contributed by atoms with Crippen LogP contribution in [0.25, 0.3) is 0 Å². The van der Waals surface area contributed by atoms with Crippen molar-refractivity contribution in [3.63, 3.8) is 0 Å². The van der Waals surface area contributed by atoms with Crippen LogP contribution in [-0.4, -0.2) is 57.7 Å². The molecule has 6 nitrogen and oxygen atoms in total. The molecule has 0 rings (SSSR count). The largest absolute Gasteiger partial charge is 0.381 e. The van der Waals surface area contributed by atoms with Crippen molar-refractivity contribution < 1.29 is 28.4 Å². The Morgan fingerprint density at radius 1 is 0.765 bits per heavy atom. The Labute approximate surface area is 212 Å². The Balaban J connectivity index is 3.68. The number of ketones is 1. The van der Waals surface area contributed by atoms with Gasteiger partial charge in [0, 0.05) is 25.4 Å². The first-order chi connectivity index (χ1) is 16.5. The van der Waals surface area contributed by atoms with Crippen molar-refractivity contribution in [2.45, 2.75) is 117 Å². The van der Waals surface area contributed by atoms with E-state index >= 15 is 0 Å². The molecular formula is C27H57NO5P+. The highest BCUT2D eigenvalue weighted by Crippen LogP contribution is 2.33. The van der Waals surface area contributed by atoms with Crippen molar-refractivity contribution in [3.05, 3.63) is 0 Å². The minimum atomic E-state index is -1.89. The van der Waals surface area contributed by atoms with Crippen LogP contribution in [0, 0.1) is 5.92 Å². The Morgan fingerprint density at radius 2 is 1.29 bits per heavy atom. The van der Waals surface area contributed by atoms with E-state index in [1.54, 1.807) is 0 Å². The van der Waals surface area contributed by atoms with Crippen LogP contribution in [-0.2, 0) is 18.6 Å². The molecule has 0 aromatic rings. The van der Waals surface area contributed by atoms with Gasteiger partial charge in [-0.15, -0.1) is 0 Å². The standard InChI is InChI=1S/C27H56NO5P/c1-5-7-8-9-10-11-12-13-14-15-16-17-18-19-21-31-24-26(23-27(29)6-2)25-33-34(30)32-22-20-28(3)4/h26,30H,5-25H2,1-4H3/p+1. The number of ether oxygens (including phenoxy) is 1. The van der Waals surface area contributed by atoms with Crippen molar-refractivity contribution in [3.8, 4) is 0 Å². The number of Topliss-reactive ketones (excluding diaryl/α,β-unsaturated/α-hetero) is 1. The number of carbonyl (C=O) groups excluding carboxylic acids is 1. The number of quaternary nitrogens is 1. The first kappa shape index (κ1) is 33.9. The summed E-state index contributed by atoms with van der Waals surface area (Å²) in [7, 11) is 2.17. The molecule has 0 aliphatic carbocycles. The van der Waals surface area contributed by atoms with Gasteiger partial charge in [-0.3, -0.25) is 4.79 Å². The third kappa shape index (κ3) is 25.0. The molecule has 0 heterocycles. The fraction of sp³-hybridized carbons (Fsp3) is 0.963. The summed E-state index contributed by atoms with van der Waals surface area (Å²) in [5.41, 5.74) is 0. The van der Waals surface area contributed by atoms with Crippen molar-refractivity contribution in [1.82, 2.24) is 0 Å². The number of hydrogen-bond donors (Lipinski definition) is 2. The summed E-state index contributed by atoms with van der Waals surface area (Å²) in [5.74, 6) is 0.174. The van der Waals surface area contributed by atoms with Crippen LogP contribution in [0.15, 0.2) is 0 Å². The second-order valence-corrected chi connectivity index (χ2v) is 10.9. The minimum absolute atomic E-state index is 0.0284. The number of carbonyl (C=O) groups is 1. The topological polar surface area (TPSA) is 69.4 Å². The molecule has 0 aromatic carbocycles. The summed E-state index contributed by atoms with van der Waals surface area (Å²) in [4.78, 5) is 23.0. The molecule has 7 heteroatoms. The second kappa shape index (κ2) is 26.0. The molecule has 0 bridgehead atoms. The second-order valence-electron chi connectivity index (χ2n) is 9.96. The number of unbranched alkanes of at least 4 members (excludes halogenated alkanes) is 13. The summed E-state index contributed by atoms with van der Waals surface area (Å²) in [6, 6.07) is 0. The lowest BCUT2D eigenvalue weighted by Crippen LogP contribution is -3.06. The van der Waals surface area contributed by atoms with Crippen molar-refractivity contribution in [2.24, 2.45) is 5.92 Å². The van der Waals surface area contributed by atoms with Crippen LogP contribution in [0.2, 0.25) is 0 Å². The fourth-order valence-corrected chi connectivity index (χ4v) is 4.48. The first-order valence-electron chi connectivity index (χ1n) is 14.1. The summed E-state index contributed by atoms with van der Waals surface area (Å²) in [6.07, 6.45) is 19.8. The molecule has 0 aromatic heterocycles. The van der Waals surface area contributed by atoms with E-state index in [4.69, 9.17) is 13.8 Å². The lowest BCUT2D eigenvalue weighted by atomic mass is 10.0. The van der Waals surface area contributed by atoms with Gasteiger partial charge < -0.3 is 23.6 Å². The van der Waals surface area contributed by atoms with Gasteiger partial charge in [-0.1, -0.05) is 97.3 Å². The molecular weight excluding hydrogens is 449 g/mol. The normalized spacial score (nSPS) is 13.5. The summed E-state index contributed by atoms with van der Waals surface area (Å²) in [5, 5.41) is 0. The summed E-state index contributed by atoms with van der Waals surface area (Å²) in [6.45, 7) is 6.93. The smallest absolute Gasteiger partial charge is 0.330 e. The zero-order valence-electron chi connectivity index (χ0n) is 23.0. The molecule has 2 unspecified atom stereocenters. The molecule has 2 N–H and O–H groups in total. The van der Waals surface area contributed by atoms with Gasteiger partial charge in [0.1, 0.15) is 18.9 Å². The highest BCUT2D eigenvalue weighted by Gasteiger charge is 2.17. The van der Waals surface area contributed by atoms with E-state index in [2.05, 4.69) is 6.92 Å². The van der Waals surface area contributed by atoms with Gasteiger partial charge in [-0.25, -0.2) is 0 Å². The molecule has 2 atom stereocenters. The number of likely N-dealkylation sites (N-methyl/N-ethyl adjacent to an activating group) is 1. The average molecular weight is 507 g/mol. The Hall–Kier alpha value is -0.100. The lowest BCUT2D eigenvalue weighted by Gasteiger charge is -2.18. The first-order valence-corrected chi connectivity index (χ1v) is 15.3. The number of rotatable bonds is 27. The van der Waals surface area contributed by atoms with E-state index in [1.165, 1.54) is 88.4 Å².